The molecule has 0 aliphatic carbocycles. The quantitative estimate of drug-likeness (QED) is 0.807. The van der Waals surface area contributed by atoms with Crippen LogP contribution in [0.15, 0.2) is 0 Å². The van der Waals surface area contributed by atoms with Gasteiger partial charge in [-0.2, -0.15) is 0 Å². The highest BCUT2D eigenvalue weighted by Crippen LogP contribution is 2.21. The van der Waals surface area contributed by atoms with E-state index in [0.717, 1.165) is 32.2 Å². The lowest BCUT2D eigenvalue weighted by Gasteiger charge is -2.34. The van der Waals surface area contributed by atoms with E-state index < -0.39 is 14.6 Å². The van der Waals surface area contributed by atoms with Gasteiger partial charge in [-0.1, -0.05) is 0 Å². The minimum absolute atomic E-state index is 0.281. The summed E-state index contributed by atoms with van der Waals surface area (Å²) in [5, 5.41) is 3.29. The van der Waals surface area contributed by atoms with E-state index in [-0.39, 0.29) is 5.91 Å². The Kier molecular flexibility index (Phi) is 5.38. The summed E-state index contributed by atoms with van der Waals surface area (Å²) in [6.45, 7) is 8.07. The largest absolute Gasteiger partial charge is 0.341 e. The summed E-state index contributed by atoms with van der Waals surface area (Å²) in [4.78, 5) is 14.1. The van der Waals surface area contributed by atoms with Gasteiger partial charge >= 0.3 is 0 Å². The molecule has 6 heteroatoms. The number of amides is 1. The van der Waals surface area contributed by atoms with E-state index in [4.69, 9.17) is 0 Å². The van der Waals surface area contributed by atoms with Gasteiger partial charge in [0.25, 0.3) is 0 Å². The van der Waals surface area contributed by atoms with Gasteiger partial charge in [0.1, 0.15) is 4.75 Å². The third kappa shape index (κ3) is 3.92. The topological polar surface area (TPSA) is 66.5 Å². The first-order valence-corrected chi connectivity index (χ1v) is 8.79. The van der Waals surface area contributed by atoms with Crippen LogP contribution in [0.25, 0.3) is 0 Å². The van der Waals surface area contributed by atoms with Crippen LogP contribution in [0.4, 0.5) is 0 Å². The second kappa shape index (κ2) is 6.22. The molecule has 1 heterocycles. The molecule has 1 amide bonds. The van der Waals surface area contributed by atoms with Crippen molar-refractivity contribution >= 4 is 15.7 Å². The molecule has 19 heavy (non-hydrogen) atoms. The first-order valence-electron chi connectivity index (χ1n) is 6.89. The molecule has 0 aromatic rings. The molecule has 112 valence electrons. The SMILES string of the molecule is CCN(CC1CCNCC1)C(=O)C(C)(C)S(C)(=O)=O. The molecule has 5 nitrogen and oxygen atoms in total. The van der Waals surface area contributed by atoms with Crippen molar-refractivity contribution in [2.45, 2.75) is 38.4 Å². The minimum Gasteiger partial charge on any atom is -0.341 e. The standard InChI is InChI=1S/C13H26N2O3S/c1-5-15(10-11-6-8-14-9-7-11)12(16)13(2,3)19(4,17)18/h11,14H,5-10H2,1-4H3. The maximum absolute atomic E-state index is 12.4. The van der Waals surface area contributed by atoms with Gasteiger partial charge < -0.3 is 10.2 Å². The molecule has 0 unspecified atom stereocenters. The van der Waals surface area contributed by atoms with Gasteiger partial charge in [0, 0.05) is 19.3 Å². The second-order valence-corrected chi connectivity index (χ2v) is 8.38. The highest BCUT2D eigenvalue weighted by molar-refractivity contribution is 7.92. The van der Waals surface area contributed by atoms with Gasteiger partial charge in [0.05, 0.1) is 0 Å². The molecule has 0 bridgehead atoms. The predicted molar refractivity (Wildman–Crippen MR) is 76.8 cm³/mol. The van der Waals surface area contributed by atoms with Crippen LogP contribution in [-0.4, -0.2) is 56.4 Å². The zero-order valence-corrected chi connectivity index (χ0v) is 13.2. The first kappa shape index (κ1) is 16.4. The minimum atomic E-state index is -3.40. The third-order valence-electron chi connectivity index (χ3n) is 4.05. The first-order chi connectivity index (χ1) is 8.70. The van der Waals surface area contributed by atoms with E-state index in [1.54, 1.807) is 4.90 Å². The molecule has 0 spiro atoms. The van der Waals surface area contributed by atoms with E-state index in [1.165, 1.54) is 13.8 Å². The smallest absolute Gasteiger partial charge is 0.243 e. The lowest BCUT2D eigenvalue weighted by atomic mass is 9.97. The zero-order valence-electron chi connectivity index (χ0n) is 12.4. The lowest BCUT2D eigenvalue weighted by molar-refractivity contribution is -0.133. The van der Waals surface area contributed by atoms with Crippen molar-refractivity contribution in [1.82, 2.24) is 10.2 Å². The Morgan fingerprint density at radius 3 is 2.26 bits per heavy atom. The molecule has 1 aliphatic rings. The van der Waals surface area contributed by atoms with Crippen LogP contribution < -0.4 is 5.32 Å². The number of carbonyl (C=O) groups is 1. The number of carbonyl (C=O) groups excluding carboxylic acids is 1. The third-order valence-corrected chi connectivity index (χ3v) is 6.08. The Hall–Kier alpha value is -0.620. The fourth-order valence-electron chi connectivity index (χ4n) is 2.27. The van der Waals surface area contributed by atoms with Crippen LogP contribution in [0.2, 0.25) is 0 Å². The average molecular weight is 290 g/mol. The fraction of sp³-hybridized carbons (Fsp3) is 0.923. The van der Waals surface area contributed by atoms with Crippen LogP contribution in [0.1, 0.15) is 33.6 Å². The van der Waals surface area contributed by atoms with Gasteiger partial charge in [-0.15, -0.1) is 0 Å². The Bertz CT molecular complexity index is 412. The summed E-state index contributed by atoms with van der Waals surface area (Å²) in [6, 6.07) is 0. The van der Waals surface area contributed by atoms with Gasteiger partial charge in [-0.3, -0.25) is 4.79 Å². The van der Waals surface area contributed by atoms with E-state index in [9.17, 15) is 13.2 Å². The fourth-order valence-corrected chi connectivity index (χ4v) is 2.72. The zero-order chi connectivity index (χ0) is 14.7. The Labute approximate surface area is 116 Å². The number of nitrogens with one attached hydrogen (secondary N) is 1. The molecule has 1 saturated heterocycles. The maximum Gasteiger partial charge on any atom is 0.243 e. The summed E-state index contributed by atoms with van der Waals surface area (Å²) in [6.07, 6.45) is 3.22. The number of hydrogen-bond donors (Lipinski definition) is 1. The molecule has 0 aromatic carbocycles. The van der Waals surface area contributed by atoms with Crippen molar-refractivity contribution in [2.24, 2.45) is 5.92 Å². The molecule has 0 aromatic heterocycles. The molecule has 0 saturated carbocycles. The highest BCUT2D eigenvalue weighted by atomic mass is 32.2. The highest BCUT2D eigenvalue weighted by Gasteiger charge is 2.41. The molecular weight excluding hydrogens is 264 g/mol. The summed E-state index contributed by atoms with van der Waals surface area (Å²) >= 11 is 0. The second-order valence-electron chi connectivity index (χ2n) is 5.82. The number of piperidine rings is 1. The number of sulfone groups is 1. The van der Waals surface area contributed by atoms with Crippen molar-refractivity contribution < 1.29 is 13.2 Å². The van der Waals surface area contributed by atoms with Crippen molar-refractivity contribution in [1.29, 1.82) is 0 Å². The normalized spacial score (nSPS) is 18.3. The van der Waals surface area contributed by atoms with Crippen molar-refractivity contribution in [2.75, 3.05) is 32.4 Å². The van der Waals surface area contributed by atoms with Crippen LogP contribution in [-0.2, 0) is 14.6 Å². The molecule has 0 atom stereocenters. The van der Waals surface area contributed by atoms with E-state index in [1.807, 2.05) is 6.92 Å². The Balaban J connectivity index is 2.76. The van der Waals surface area contributed by atoms with Gasteiger partial charge in [0.15, 0.2) is 9.84 Å². The van der Waals surface area contributed by atoms with E-state index in [2.05, 4.69) is 5.32 Å². The molecule has 1 aliphatic heterocycles. The van der Waals surface area contributed by atoms with Gasteiger partial charge in [-0.05, 0) is 52.6 Å². The van der Waals surface area contributed by atoms with Crippen LogP contribution in [0.3, 0.4) is 0 Å². The molecule has 1 rings (SSSR count). The molecular formula is C13H26N2O3S. The average Bonchev–Trinajstić information content (AvgIpc) is 2.35. The van der Waals surface area contributed by atoms with Crippen molar-refractivity contribution in [3.05, 3.63) is 0 Å². The van der Waals surface area contributed by atoms with E-state index in [0.29, 0.717) is 19.0 Å². The van der Waals surface area contributed by atoms with Crippen LogP contribution in [0.5, 0.6) is 0 Å². The summed E-state index contributed by atoms with van der Waals surface area (Å²) in [5.74, 6) is 0.191. The Morgan fingerprint density at radius 1 is 1.32 bits per heavy atom. The molecule has 0 radical (unpaired) electrons. The summed E-state index contributed by atoms with van der Waals surface area (Å²) < 4.78 is 22.2. The van der Waals surface area contributed by atoms with Crippen LogP contribution in [0, 0.1) is 5.92 Å². The molecule has 1 N–H and O–H groups in total. The number of rotatable bonds is 5. The number of nitrogens with zero attached hydrogens (tertiary/aromatic N) is 1. The molecule has 1 fully saturated rings. The lowest BCUT2D eigenvalue weighted by Crippen LogP contribution is -2.51. The van der Waals surface area contributed by atoms with Gasteiger partial charge in [0.2, 0.25) is 5.91 Å². The summed E-state index contributed by atoms with van der Waals surface area (Å²) in [7, 11) is -3.40. The predicted octanol–water partition coefficient (Wildman–Crippen LogP) is 0.658. The van der Waals surface area contributed by atoms with Crippen LogP contribution >= 0.6 is 0 Å². The van der Waals surface area contributed by atoms with Gasteiger partial charge in [-0.25, -0.2) is 8.42 Å². The monoisotopic (exact) mass is 290 g/mol. The van der Waals surface area contributed by atoms with E-state index >= 15 is 0 Å². The number of hydrogen-bond acceptors (Lipinski definition) is 4. The Morgan fingerprint density at radius 2 is 1.84 bits per heavy atom. The van der Waals surface area contributed by atoms with Crippen molar-refractivity contribution in [3.8, 4) is 0 Å². The summed E-state index contributed by atoms with van der Waals surface area (Å²) in [5.41, 5.74) is 0. The maximum atomic E-state index is 12.4. The van der Waals surface area contributed by atoms with Crippen molar-refractivity contribution in [3.63, 3.8) is 0 Å².